The van der Waals surface area contributed by atoms with Crippen LogP contribution in [-0.2, 0) is 13.2 Å². The zero-order chi connectivity index (χ0) is 25.8. The molecule has 1 heterocycles. The molecule has 0 spiro atoms. The number of fused-ring (bicyclic) bond motifs is 1. The highest BCUT2D eigenvalue weighted by molar-refractivity contribution is 7.21. The van der Waals surface area contributed by atoms with Crippen molar-refractivity contribution in [3.8, 4) is 22.1 Å². The van der Waals surface area contributed by atoms with Gasteiger partial charge in [0.05, 0.1) is 21.8 Å². The Morgan fingerprint density at radius 3 is 2.57 bits per heavy atom. The maximum Gasteiger partial charge on any atom is 0.180 e. The SMILES string of the molecule is CCOc1cc(CNc2ccc(-c3nc4ccc(C)cc4s3)cc2)cc(Cl)c1OCc1ccccc1F. The van der Waals surface area contributed by atoms with Gasteiger partial charge in [-0.2, -0.15) is 0 Å². The lowest BCUT2D eigenvalue weighted by Gasteiger charge is -2.16. The van der Waals surface area contributed by atoms with Crippen molar-refractivity contribution in [2.45, 2.75) is 27.0 Å². The minimum atomic E-state index is -0.318. The molecule has 7 heteroatoms. The number of nitrogens with one attached hydrogen (secondary N) is 1. The summed E-state index contributed by atoms with van der Waals surface area (Å²) in [6.45, 7) is 5.05. The van der Waals surface area contributed by atoms with E-state index < -0.39 is 0 Å². The molecule has 0 saturated carbocycles. The number of anilines is 1. The lowest BCUT2D eigenvalue weighted by atomic mass is 10.1. The molecule has 188 valence electrons. The van der Waals surface area contributed by atoms with Crippen LogP contribution >= 0.6 is 22.9 Å². The molecule has 5 rings (SSSR count). The molecular weight excluding hydrogens is 507 g/mol. The van der Waals surface area contributed by atoms with Crippen molar-refractivity contribution >= 4 is 38.8 Å². The fraction of sp³-hybridized carbons (Fsp3) is 0.167. The first-order valence-corrected chi connectivity index (χ1v) is 13.2. The largest absolute Gasteiger partial charge is 0.490 e. The first-order valence-electron chi connectivity index (χ1n) is 12.0. The fourth-order valence-corrected chi connectivity index (χ4v) is 5.34. The van der Waals surface area contributed by atoms with Crippen molar-refractivity contribution in [3.63, 3.8) is 0 Å². The Labute approximate surface area is 224 Å². The van der Waals surface area contributed by atoms with Gasteiger partial charge in [0.1, 0.15) is 17.4 Å². The number of benzene rings is 4. The Morgan fingerprint density at radius 2 is 1.78 bits per heavy atom. The molecule has 0 fully saturated rings. The third-order valence-corrected chi connectivity index (χ3v) is 7.22. The molecule has 0 atom stereocenters. The maximum atomic E-state index is 14.0. The number of ether oxygens (including phenoxy) is 2. The summed E-state index contributed by atoms with van der Waals surface area (Å²) in [6, 6.07) is 24.8. The van der Waals surface area contributed by atoms with Gasteiger partial charge in [0.2, 0.25) is 0 Å². The maximum absolute atomic E-state index is 14.0. The summed E-state index contributed by atoms with van der Waals surface area (Å²) >= 11 is 8.26. The summed E-state index contributed by atoms with van der Waals surface area (Å²) in [4.78, 5) is 4.77. The molecule has 0 radical (unpaired) electrons. The third-order valence-electron chi connectivity index (χ3n) is 5.87. The molecule has 37 heavy (non-hydrogen) atoms. The standard InChI is InChI=1S/C30H26ClFN2O2S/c1-3-35-27-16-20(15-24(31)29(27)36-18-22-6-4-5-7-25(22)32)17-33-23-11-9-21(10-12-23)30-34-26-13-8-19(2)14-28(26)37-30/h4-16,33H,3,17-18H2,1-2H3. The first kappa shape index (κ1) is 25.1. The van der Waals surface area contributed by atoms with Gasteiger partial charge in [-0.1, -0.05) is 35.9 Å². The molecule has 1 N–H and O–H groups in total. The Kier molecular flexibility index (Phi) is 7.58. The van der Waals surface area contributed by atoms with Gasteiger partial charge in [-0.05, 0) is 79.6 Å². The Balaban J connectivity index is 1.27. The van der Waals surface area contributed by atoms with Crippen LogP contribution in [0, 0.1) is 12.7 Å². The zero-order valence-electron chi connectivity index (χ0n) is 20.6. The van der Waals surface area contributed by atoms with Crippen molar-refractivity contribution < 1.29 is 13.9 Å². The Morgan fingerprint density at radius 1 is 0.973 bits per heavy atom. The molecule has 0 unspecified atom stereocenters. The van der Waals surface area contributed by atoms with Crippen molar-refractivity contribution in [2.75, 3.05) is 11.9 Å². The van der Waals surface area contributed by atoms with Gasteiger partial charge in [0, 0.05) is 23.4 Å². The van der Waals surface area contributed by atoms with Crippen LogP contribution in [0.15, 0.2) is 78.9 Å². The van der Waals surface area contributed by atoms with Gasteiger partial charge in [0.15, 0.2) is 11.5 Å². The average Bonchev–Trinajstić information content (AvgIpc) is 3.32. The molecule has 5 aromatic rings. The summed E-state index contributed by atoms with van der Waals surface area (Å²) in [5.74, 6) is 0.622. The average molecular weight is 533 g/mol. The van der Waals surface area contributed by atoms with E-state index >= 15 is 0 Å². The van der Waals surface area contributed by atoms with E-state index in [0.29, 0.717) is 35.2 Å². The van der Waals surface area contributed by atoms with Crippen molar-refractivity contribution in [3.05, 3.63) is 106 Å². The summed E-state index contributed by atoms with van der Waals surface area (Å²) in [5, 5.41) is 4.86. The van der Waals surface area contributed by atoms with Crippen LogP contribution in [0.4, 0.5) is 10.1 Å². The van der Waals surface area contributed by atoms with Gasteiger partial charge in [-0.15, -0.1) is 11.3 Å². The molecule has 4 nitrogen and oxygen atoms in total. The lowest BCUT2D eigenvalue weighted by Crippen LogP contribution is -2.04. The second-order valence-corrected chi connectivity index (χ2v) is 10.1. The predicted octanol–water partition coefficient (Wildman–Crippen LogP) is 8.65. The van der Waals surface area contributed by atoms with E-state index in [1.165, 1.54) is 16.3 Å². The molecule has 0 bridgehead atoms. The lowest BCUT2D eigenvalue weighted by molar-refractivity contribution is 0.266. The predicted molar refractivity (Wildman–Crippen MR) is 150 cm³/mol. The van der Waals surface area contributed by atoms with Crippen molar-refractivity contribution in [1.29, 1.82) is 0 Å². The second-order valence-electron chi connectivity index (χ2n) is 8.64. The molecule has 0 saturated heterocycles. The van der Waals surface area contributed by atoms with Gasteiger partial charge in [0.25, 0.3) is 0 Å². The van der Waals surface area contributed by atoms with Gasteiger partial charge in [-0.3, -0.25) is 0 Å². The van der Waals surface area contributed by atoms with Gasteiger partial charge >= 0.3 is 0 Å². The molecular formula is C30H26ClFN2O2S. The Bertz CT molecular complexity index is 1540. The van der Waals surface area contributed by atoms with E-state index in [1.807, 2.05) is 31.2 Å². The van der Waals surface area contributed by atoms with Crippen LogP contribution in [0.3, 0.4) is 0 Å². The van der Waals surface area contributed by atoms with E-state index in [4.69, 9.17) is 26.1 Å². The number of hydrogen-bond acceptors (Lipinski definition) is 5. The van der Waals surface area contributed by atoms with Crippen LogP contribution < -0.4 is 14.8 Å². The van der Waals surface area contributed by atoms with Crippen LogP contribution in [0.2, 0.25) is 5.02 Å². The normalized spacial score (nSPS) is 11.0. The zero-order valence-corrected chi connectivity index (χ0v) is 22.1. The highest BCUT2D eigenvalue weighted by Crippen LogP contribution is 2.38. The number of rotatable bonds is 9. The summed E-state index contributed by atoms with van der Waals surface area (Å²) < 4.78 is 26.8. The van der Waals surface area contributed by atoms with Gasteiger partial charge in [-0.25, -0.2) is 9.37 Å². The molecule has 0 aliphatic carbocycles. The minimum Gasteiger partial charge on any atom is -0.490 e. The number of hydrogen-bond donors (Lipinski definition) is 1. The van der Waals surface area contributed by atoms with Crippen molar-refractivity contribution in [1.82, 2.24) is 4.98 Å². The first-order chi connectivity index (χ1) is 18.0. The number of thiazole rings is 1. The summed E-state index contributed by atoms with van der Waals surface area (Å²) in [7, 11) is 0. The number of nitrogens with zero attached hydrogens (tertiary/aromatic N) is 1. The smallest absolute Gasteiger partial charge is 0.180 e. The Hall–Kier alpha value is -3.61. The van der Waals surface area contributed by atoms with E-state index in [-0.39, 0.29) is 12.4 Å². The van der Waals surface area contributed by atoms with Crippen LogP contribution in [0.5, 0.6) is 11.5 Å². The molecule has 1 aromatic heterocycles. The summed E-state index contributed by atoms with van der Waals surface area (Å²) in [6.07, 6.45) is 0. The number of aryl methyl sites for hydroxylation is 1. The quantitative estimate of drug-likeness (QED) is 0.206. The molecule has 0 aliphatic rings. The van der Waals surface area contributed by atoms with E-state index in [1.54, 1.807) is 29.5 Å². The van der Waals surface area contributed by atoms with Crippen molar-refractivity contribution in [2.24, 2.45) is 0 Å². The fourth-order valence-electron chi connectivity index (χ4n) is 3.98. The van der Waals surface area contributed by atoms with E-state index in [0.717, 1.165) is 27.3 Å². The topological polar surface area (TPSA) is 43.4 Å². The van der Waals surface area contributed by atoms with E-state index in [9.17, 15) is 4.39 Å². The summed E-state index contributed by atoms with van der Waals surface area (Å²) in [5.41, 5.74) is 5.72. The monoisotopic (exact) mass is 532 g/mol. The van der Waals surface area contributed by atoms with Crippen LogP contribution in [0.1, 0.15) is 23.6 Å². The van der Waals surface area contributed by atoms with Gasteiger partial charge < -0.3 is 14.8 Å². The van der Waals surface area contributed by atoms with Crippen LogP contribution in [-0.4, -0.2) is 11.6 Å². The highest BCUT2D eigenvalue weighted by Gasteiger charge is 2.14. The van der Waals surface area contributed by atoms with Crippen LogP contribution in [0.25, 0.3) is 20.8 Å². The molecule has 0 amide bonds. The highest BCUT2D eigenvalue weighted by atomic mass is 35.5. The number of aromatic nitrogens is 1. The van der Waals surface area contributed by atoms with E-state index in [2.05, 4.69) is 42.6 Å². The molecule has 0 aliphatic heterocycles. The number of halogens is 2. The second kappa shape index (κ2) is 11.2. The third kappa shape index (κ3) is 5.87. The minimum absolute atomic E-state index is 0.0602. The molecule has 4 aromatic carbocycles.